The lowest BCUT2D eigenvalue weighted by Gasteiger charge is -2.07. The van der Waals surface area contributed by atoms with E-state index < -0.39 is 10.0 Å². The zero-order valence-corrected chi connectivity index (χ0v) is 19.3. The molecular formula is C26H22N2O4S. The van der Waals surface area contributed by atoms with Crippen LogP contribution in [-0.2, 0) is 10.0 Å². The first-order chi connectivity index (χ1) is 15.9. The minimum atomic E-state index is -3.87. The summed E-state index contributed by atoms with van der Waals surface area (Å²) in [7, 11) is -2.28. The zero-order chi connectivity index (χ0) is 23.2. The van der Waals surface area contributed by atoms with E-state index in [0.29, 0.717) is 28.1 Å². The van der Waals surface area contributed by atoms with Crippen molar-refractivity contribution in [3.8, 4) is 28.2 Å². The van der Waals surface area contributed by atoms with Crippen LogP contribution in [0.4, 0.5) is 0 Å². The molecule has 5 aromatic rings. The van der Waals surface area contributed by atoms with Crippen LogP contribution >= 0.6 is 0 Å². The van der Waals surface area contributed by atoms with Crippen molar-refractivity contribution in [2.45, 2.75) is 18.7 Å². The number of para-hydroxylation sites is 1. The van der Waals surface area contributed by atoms with Crippen LogP contribution in [0.25, 0.3) is 33.5 Å². The van der Waals surface area contributed by atoms with E-state index in [1.54, 1.807) is 43.8 Å². The maximum absolute atomic E-state index is 13.6. The smallest absolute Gasteiger partial charge is 0.269 e. The Bertz CT molecular complexity index is 1580. The van der Waals surface area contributed by atoms with Crippen molar-refractivity contribution < 1.29 is 17.6 Å². The molecule has 0 unspecified atom stereocenters. The Kier molecular flexibility index (Phi) is 5.06. The summed E-state index contributed by atoms with van der Waals surface area (Å²) >= 11 is 0. The number of aryl methyl sites for hydroxylation is 2. The standard InChI is InChI=1S/C26H22N2O4S/c1-17-8-11-20(12-9-17)33(29,30)28-16-23(21-6-4-5-7-25(21)31-3)22-14-19(15-27-26(22)28)24-13-10-18(2)32-24/h4-16H,1-3H3. The molecule has 0 amide bonds. The predicted molar refractivity (Wildman–Crippen MR) is 128 cm³/mol. The van der Waals surface area contributed by atoms with Crippen LogP contribution in [0.15, 0.2) is 88.4 Å². The summed E-state index contributed by atoms with van der Waals surface area (Å²) in [4.78, 5) is 4.76. The van der Waals surface area contributed by atoms with Crippen molar-refractivity contribution in [3.63, 3.8) is 0 Å². The van der Waals surface area contributed by atoms with Crippen molar-refractivity contribution in [2.75, 3.05) is 7.11 Å². The number of aromatic nitrogens is 2. The summed E-state index contributed by atoms with van der Waals surface area (Å²) in [5.41, 5.74) is 3.56. The van der Waals surface area contributed by atoms with Crippen LogP contribution in [0, 0.1) is 13.8 Å². The van der Waals surface area contributed by atoms with Gasteiger partial charge < -0.3 is 9.15 Å². The number of fused-ring (bicyclic) bond motifs is 1. The number of methoxy groups -OCH3 is 1. The van der Waals surface area contributed by atoms with Gasteiger partial charge in [-0.25, -0.2) is 17.4 Å². The average molecular weight is 459 g/mol. The van der Waals surface area contributed by atoms with E-state index in [2.05, 4.69) is 4.98 Å². The SMILES string of the molecule is COc1ccccc1-c1cn(S(=O)(=O)c2ccc(C)cc2)c2ncc(-c3ccc(C)o3)cc12. The number of hydrogen-bond acceptors (Lipinski definition) is 5. The second kappa shape index (κ2) is 7.94. The minimum absolute atomic E-state index is 0.198. The molecule has 33 heavy (non-hydrogen) atoms. The van der Waals surface area contributed by atoms with E-state index in [-0.39, 0.29) is 4.90 Å². The van der Waals surface area contributed by atoms with E-state index in [1.807, 2.05) is 56.3 Å². The summed E-state index contributed by atoms with van der Waals surface area (Å²) in [6, 6.07) is 20.0. The van der Waals surface area contributed by atoms with Crippen LogP contribution in [0.3, 0.4) is 0 Å². The molecule has 7 heteroatoms. The van der Waals surface area contributed by atoms with Gasteiger partial charge in [0.15, 0.2) is 5.65 Å². The highest BCUT2D eigenvalue weighted by atomic mass is 32.2. The second-order valence-electron chi connectivity index (χ2n) is 7.86. The Morgan fingerprint density at radius 2 is 1.70 bits per heavy atom. The number of nitrogens with zero attached hydrogens (tertiary/aromatic N) is 2. The lowest BCUT2D eigenvalue weighted by atomic mass is 10.0. The van der Waals surface area contributed by atoms with Gasteiger partial charge >= 0.3 is 0 Å². The largest absolute Gasteiger partial charge is 0.496 e. The van der Waals surface area contributed by atoms with Gasteiger partial charge in [0.05, 0.1) is 12.0 Å². The molecule has 0 aliphatic carbocycles. The van der Waals surface area contributed by atoms with E-state index in [0.717, 1.165) is 22.5 Å². The third-order valence-corrected chi connectivity index (χ3v) is 7.28. The van der Waals surface area contributed by atoms with Gasteiger partial charge in [-0.1, -0.05) is 35.9 Å². The third kappa shape index (κ3) is 3.60. The molecule has 2 aromatic carbocycles. The Balaban J connectivity index is 1.80. The Hall–Kier alpha value is -3.84. The molecule has 0 fully saturated rings. The summed E-state index contributed by atoms with van der Waals surface area (Å²) in [5, 5.41) is 0.682. The maximum Gasteiger partial charge on any atom is 0.269 e. The fraction of sp³-hybridized carbons (Fsp3) is 0.115. The summed E-state index contributed by atoms with van der Waals surface area (Å²) in [6.45, 7) is 3.79. The van der Waals surface area contributed by atoms with Crippen LogP contribution < -0.4 is 4.74 Å². The van der Waals surface area contributed by atoms with Gasteiger partial charge in [-0.05, 0) is 50.2 Å². The van der Waals surface area contributed by atoms with Crippen molar-refractivity contribution in [2.24, 2.45) is 0 Å². The molecule has 0 saturated heterocycles. The van der Waals surface area contributed by atoms with Gasteiger partial charge in [-0.2, -0.15) is 0 Å². The molecule has 0 N–H and O–H groups in total. The highest BCUT2D eigenvalue weighted by Crippen LogP contribution is 2.38. The van der Waals surface area contributed by atoms with Crippen LogP contribution in [0.2, 0.25) is 0 Å². The number of rotatable bonds is 5. The number of furan rings is 1. The molecular weight excluding hydrogens is 436 g/mol. The summed E-state index contributed by atoms with van der Waals surface area (Å²) < 4.78 is 39.8. The quantitative estimate of drug-likeness (QED) is 0.331. The fourth-order valence-corrected chi connectivity index (χ4v) is 5.22. The van der Waals surface area contributed by atoms with Crippen molar-refractivity contribution in [3.05, 3.63) is 90.4 Å². The number of ether oxygens (including phenoxy) is 1. The van der Waals surface area contributed by atoms with Crippen LogP contribution in [-0.4, -0.2) is 24.5 Å². The number of pyridine rings is 1. The molecule has 166 valence electrons. The van der Waals surface area contributed by atoms with Crippen molar-refractivity contribution >= 4 is 21.1 Å². The molecule has 0 aliphatic rings. The molecule has 0 atom stereocenters. The van der Waals surface area contributed by atoms with Gasteiger partial charge in [0.25, 0.3) is 10.0 Å². The van der Waals surface area contributed by atoms with E-state index in [9.17, 15) is 8.42 Å². The summed E-state index contributed by atoms with van der Waals surface area (Å²) in [5.74, 6) is 2.10. The first kappa shape index (κ1) is 21.0. The molecule has 3 aromatic heterocycles. The third-order valence-electron chi connectivity index (χ3n) is 5.61. The van der Waals surface area contributed by atoms with Gasteiger partial charge in [0, 0.05) is 34.5 Å². The minimum Gasteiger partial charge on any atom is -0.496 e. The number of benzene rings is 2. The van der Waals surface area contributed by atoms with Crippen LogP contribution in [0.5, 0.6) is 5.75 Å². The van der Waals surface area contributed by atoms with E-state index in [1.165, 1.54) is 3.97 Å². The molecule has 6 nitrogen and oxygen atoms in total. The Morgan fingerprint density at radius 3 is 2.39 bits per heavy atom. The van der Waals surface area contributed by atoms with Crippen LogP contribution in [0.1, 0.15) is 11.3 Å². The molecule has 0 spiro atoms. The molecule has 0 saturated carbocycles. The Labute approximate surface area is 192 Å². The first-order valence-corrected chi connectivity index (χ1v) is 11.9. The number of hydrogen-bond donors (Lipinski definition) is 0. The lowest BCUT2D eigenvalue weighted by molar-refractivity contribution is 0.416. The predicted octanol–water partition coefficient (Wildman–Crippen LogP) is 5.83. The van der Waals surface area contributed by atoms with E-state index in [4.69, 9.17) is 9.15 Å². The fourth-order valence-electron chi connectivity index (χ4n) is 3.89. The van der Waals surface area contributed by atoms with Crippen molar-refractivity contribution in [1.29, 1.82) is 0 Å². The summed E-state index contributed by atoms with van der Waals surface area (Å²) in [6.07, 6.45) is 3.25. The molecule has 0 radical (unpaired) electrons. The van der Waals surface area contributed by atoms with Gasteiger partial charge in [-0.15, -0.1) is 0 Å². The lowest BCUT2D eigenvalue weighted by Crippen LogP contribution is -2.12. The highest BCUT2D eigenvalue weighted by Gasteiger charge is 2.24. The molecule has 5 rings (SSSR count). The topological polar surface area (TPSA) is 74.3 Å². The monoisotopic (exact) mass is 458 g/mol. The Morgan fingerprint density at radius 1 is 0.939 bits per heavy atom. The highest BCUT2D eigenvalue weighted by molar-refractivity contribution is 7.90. The van der Waals surface area contributed by atoms with Gasteiger partial charge in [0.1, 0.15) is 17.3 Å². The second-order valence-corrected chi connectivity index (χ2v) is 9.68. The molecule has 0 bridgehead atoms. The normalized spacial score (nSPS) is 11.7. The maximum atomic E-state index is 13.6. The first-order valence-electron chi connectivity index (χ1n) is 10.4. The van der Waals surface area contributed by atoms with Gasteiger partial charge in [-0.3, -0.25) is 0 Å². The van der Waals surface area contributed by atoms with Crippen molar-refractivity contribution in [1.82, 2.24) is 8.96 Å². The van der Waals surface area contributed by atoms with E-state index >= 15 is 0 Å². The zero-order valence-electron chi connectivity index (χ0n) is 18.4. The van der Waals surface area contributed by atoms with Gasteiger partial charge in [0.2, 0.25) is 0 Å². The average Bonchev–Trinajstić information content (AvgIpc) is 3.43. The molecule has 3 heterocycles. The molecule has 0 aliphatic heterocycles.